The summed E-state index contributed by atoms with van der Waals surface area (Å²) in [6.45, 7) is 0. The molecule has 1 aromatic heterocycles. The molecular formula is C13H9NO2S. The van der Waals surface area contributed by atoms with Gasteiger partial charge in [-0.2, -0.15) is 0 Å². The predicted molar refractivity (Wildman–Crippen MR) is 65.2 cm³/mol. The second-order valence-electron chi connectivity index (χ2n) is 3.81. The van der Waals surface area contributed by atoms with Gasteiger partial charge in [-0.25, -0.2) is 4.98 Å². The molecule has 3 rings (SSSR count). The van der Waals surface area contributed by atoms with Gasteiger partial charge < -0.3 is 4.55 Å². The first-order valence-corrected chi connectivity index (χ1v) is 6.26. The van der Waals surface area contributed by atoms with Crippen molar-refractivity contribution in [2.75, 3.05) is 0 Å². The summed E-state index contributed by atoms with van der Waals surface area (Å²) in [7, 11) is 0. The summed E-state index contributed by atoms with van der Waals surface area (Å²) in [5.41, 5.74) is 1.82. The van der Waals surface area contributed by atoms with Crippen molar-refractivity contribution in [1.82, 2.24) is 0 Å². The van der Waals surface area contributed by atoms with Crippen molar-refractivity contribution in [1.29, 1.82) is 0 Å². The Labute approximate surface area is 100 Å². The lowest BCUT2D eigenvalue weighted by Crippen LogP contribution is -2.06. The fourth-order valence-electron chi connectivity index (χ4n) is 1.98. The molecule has 1 atom stereocenters. The summed E-state index contributed by atoms with van der Waals surface area (Å²) >= 11 is -2.22. The van der Waals surface area contributed by atoms with Gasteiger partial charge in [0.25, 0.3) is 0 Å². The highest BCUT2D eigenvalue weighted by Crippen LogP contribution is 2.21. The number of hydrogen-bond donors (Lipinski definition) is 0. The van der Waals surface area contributed by atoms with Crippen LogP contribution < -0.4 is 4.98 Å². The number of aromatic nitrogens is 1. The van der Waals surface area contributed by atoms with Gasteiger partial charge in [0.15, 0.2) is 0 Å². The number of H-pyrrole nitrogens is 1. The van der Waals surface area contributed by atoms with Crippen LogP contribution in [0.3, 0.4) is 0 Å². The van der Waals surface area contributed by atoms with Crippen LogP contribution in [0.25, 0.3) is 21.8 Å². The van der Waals surface area contributed by atoms with Gasteiger partial charge in [-0.1, -0.05) is 18.2 Å². The lowest BCUT2D eigenvalue weighted by Gasteiger charge is -2.06. The molecule has 3 aromatic rings. The molecule has 0 aliphatic rings. The Kier molecular flexibility index (Phi) is 2.39. The van der Waals surface area contributed by atoms with Gasteiger partial charge in [-0.05, 0) is 29.3 Å². The fourth-order valence-corrected chi connectivity index (χ4v) is 2.52. The van der Waals surface area contributed by atoms with Crippen LogP contribution in [-0.4, -0.2) is 8.76 Å². The number of para-hydroxylation sites is 1. The Morgan fingerprint density at radius 3 is 2.59 bits per heavy atom. The summed E-state index contributed by atoms with van der Waals surface area (Å²) < 4.78 is 22.3. The number of rotatable bonds is 1. The maximum atomic E-state index is 11.1. The molecule has 4 heteroatoms. The highest BCUT2D eigenvalue weighted by molar-refractivity contribution is 7.79. The van der Waals surface area contributed by atoms with Crippen molar-refractivity contribution < 1.29 is 13.7 Å². The third-order valence-electron chi connectivity index (χ3n) is 2.78. The molecule has 1 heterocycles. The predicted octanol–water partition coefficient (Wildman–Crippen LogP) is 2.05. The van der Waals surface area contributed by atoms with Gasteiger partial charge in [0.2, 0.25) is 11.0 Å². The molecule has 0 bridgehead atoms. The largest absolute Gasteiger partial charge is 0.768 e. The SMILES string of the molecule is O=S([O-])c1cccc2[nH+]c3ccccc3cc12. The summed E-state index contributed by atoms with van der Waals surface area (Å²) in [5, 5.41) is 1.72. The van der Waals surface area contributed by atoms with E-state index in [2.05, 4.69) is 4.98 Å². The minimum atomic E-state index is -2.22. The van der Waals surface area contributed by atoms with E-state index in [1.807, 2.05) is 36.4 Å². The van der Waals surface area contributed by atoms with Crippen LogP contribution >= 0.6 is 0 Å². The molecule has 2 aromatic carbocycles. The first-order valence-electron chi connectivity index (χ1n) is 5.19. The lowest BCUT2D eigenvalue weighted by atomic mass is 10.1. The standard InChI is InChI=1S/C13H9NO2S/c15-17(16)13-7-3-6-12-10(13)8-9-4-1-2-5-11(9)14-12/h1-8H,(H,15,16). The minimum Gasteiger partial charge on any atom is -0.768 e. The number of fused-ring (bicyclic) bond motifs is 2. The number of aromatic amines is 1. The Hall–Kier alpha value is -1.78. The molecule has 3 nitrogen and oxygen atoms in total. The quantitative estimate of drug-likeness (QED) is 0.485. The van der Waals surface area contributed by atoms with Gasteiger partial charge in [0, 0.05) is 22.4 Å². The van der Waals surface area contributed by atoms with Crippen molar-refractivity contribution >= 4 is 32.9 Å². The first kappa shape index (κ1) is 10.4. The van der Waals surface area contributed by atoms with Crippen LogP contribution in [-0.2, 0) is 11.1 Å². The average Bonchev–Trinajstić information content (AvgIpc) is 2.35. The van der Waals surface area contributed by atoms with E-state index >= 15 is 0 Å². The van der Waals surface area contributed by atoms with Gasteiger partial charge in [0.05, 0.1) is 5.39 Å². The zero-order valence-electron chi connectivity index (χ0n) is 8.84. The Balaban J connectivity index is 2.47. The second-order valence-corrected chi connectivity index (χ2v) is 4.72. The van der Waals surface area contributed by atoms with Crippen LogP contribution in [0.1, 0.15) is 0 Å². The molecule has 0 radical (unpaired) electrons. The van der Waals surface area contributed by atoms with E-state index in [0.29, 0.717) is 4.90 Å². The second kappa shape index (κ2) is 3.91. The molecule has 0 fully saturated rings. The summed E-state index contributed by atoms with van der Waals surface area (Å²) in [5.74, 6) is 0. The van der Waals surface area contributed by atoms with E-state index < -0.39 is 11.1 Å². The number of benzene rings is 2. The highest BCUT2D eigenvalue weighted by atomic mass is 32.2. The topological polar surface area (TPSA) is 54.3 Å². The van der Waals surface area contributed by atoms with E-state index in [1.165, 1.54) is 0 Å². The molecular weight excluding hydrogens is 234 g/mol. The van der Waals surface area contributed by atoms with Gasteiger partial charge >= 0.3 is 0 Å². The molecule has 84 valence electrons. The molecule has 1 N–H and O–H groups in total. The molecule has 0 amide bonds. The zero-order valence-corrected chi connectivity index (χ0v) is 9.66. The summed E-state index contributed by atoms with van der Waals surface area (Å²) in [6.07, 6.45) is 0. The van der Waals surface area contributed by atoms with Crippen LogP contribution in [0.4, 0.5) is 0 Å². The smallest absolute Gasteiger partial charge is 0.212 e. The van der Waals surface area contributed by atoms with E-state index in [4.69, 9.17) is 0 Å². The Morgan fingerprint density at radius 1 is 1.00 bits per heavy atom. The zero-order chi connectivity index (χ0) is 11.8. The van der Waals surface area contributed by atoms with Crippen LogP contribution in [0, 0.1) is 0 Å². The summed E-state index contributed by atoms with van der Waals surface area (Å²) in [4.78, 5) is 3.55. The maximum Gasteiger partial charge on any atom is 0.212 e. The third kappa shape index (κ3) is 1.71. The third-order valence-corrected chi connectivity index (χ3v) is 3.49. The molecule has 0 aliphatic carbocycles. The van der Waals surface area contributed by atoms with E-state index in [1.54, 1.807) is 12.1 Å². The van der Waals surface area contributed by atoms with Gasteiger partial charge in [-0.15, -0.1) is 0 Å². The monoisotopic (exact) mass is 243 g/mol. The van der Waals surface area contributed by atoms with Gasteiger partial charge in [-0.3, -0.25) is 4.21 Å². The van der Waals surface area contributed by atoms with E-state index in [0.717, 1.165) is 21.8 Å². The van der Waals surface area contributed by atoms with Crippen LogP contribution in [0.15, 0.2) is 53.4 Å². The minimum absolute atomic E-state index is 0.324. The van der Waals surface area contributed by atoms with Crippen LogP contribution in [0.2, 0.25) is 0 Å². The Morgan fingerprint density at radius 2 is 1.76 bits per heavy atom. The van der Waals surface area contributed by atoms with Crippen molar-refractivity contribution in [3.05, 3.63) is 48.5 Å². The Bertz CT molecular complexity index is 740. The summed E-state index contributed by atoms with van der Waals surface area (Å²) in [6, 6.07) is 14.9. The van der Waals surface area contributed by atoms with Crippen molar-refractivity contribution in [2.24, 2.45) is 0 Å². The molecule has 0 saturated carbocycles. The van der Waals surface area contributed by atoms with E-state index in [-0.39, 0.29) is 0 Å². The molecule has 1 unspecified atom stereocenters. The molecule has 0 aliphatic heterocycles. The maximum absolute atomic E-state index is 11.1. The van der Waals surface area contributed by atoms with Crippen molar-refractivity contribution in [3.63, 3.8) is 0 Å². The number of nitrogens with one attached hydrogen (secondary N) is 1. The number of pyridine rings is 1. The van der Waals surface area contributed by atoms with Crippen LogP contribution in [0.5, 0.6) is 0 Å². The molecule has 0 spiro atoms. The van der Waals surface area contributed by atoms with Gasteiger partial charge in [0.1, 0.15) is 0 Å². The van der Waals surface area contributed by atoms with Crippen molar-refractivity contribution in [3.8, 4) is 0 Å². The highest BCUT2D eigenvalue weighted by Gasteiger charge is 2.09. The number of hydrogen-bond acceptors (Lipinski definition) is 2. The molecule has 17 heavy (non-hydrogen) atoms. The first-order chi connectivity index (χ1) is 8.25. The van der Waals surface area contributed by atoms with Crippen molar-refractivity contribution in [2.45, 2.75) is 4.90 Å². The van der Waals surface area contributed by atoms with E-state index in [9.17, 15) is 8.76 Å². The molecule has 0 saturated heterocycles. The average molecular weight is 243 g/mol. The normalized spacial score (nSPS) is 13.0. The fraction of sp³-hybridized carbons (Fsp3) is 0. The lowest BCUT2D eigenvalue weighted by molar-refractivity contribution is -0.310.